The van der Waals surface area contributed by atoms with Gasteiger partial charge in [-0.15, -0.1) is 0 Å². The molecule has 0 spiro atoms. The van der Waals surface area contributed by atoms with Crippen LogP contribution in [0.15, 0.2) is 12.1 Å². The zero-order valence-electron chi connectivity index (χ0n) is 9.07. The van der Waals surface area contributed by atoms with Gasteiger partial charge in [-0.2, -0.15) is 0 Å². The first kappa shape index (κ1) is 12.0. The normalized spacial score (nSPS) is 9.62. The molecule has 86 valence electrons. The van der Waals surface area contributed by atoms with Crippen molar-refractivity contribution < 1.29 is 14.7 Å². The first-order chi connectivity index (χ1) is 7.52. The van der Waals surface area contributed by atoms with Gasteiger partial charge in [-0.25, -0.2) is 10.2 Å². The van der Waals surface area contributed by atoms with Gasteiger partial charge in [-0.3, -0.25) is 15.2 Å². The van der Waals surface area contributed by atoms with Crippen molar-refractivity contribution in [2.45, 2.75) is 20.3 Å². The van der Waals surface area contributed by atoms with Crippen LogP contribution in [0.3, 0.4) is 0 Å². The fourth-order valence-corrected chi connectivity index (χ4v) is 1.23. The van der Waals surface area contributed by atoms with E-state index in [9.17, 15) is 9.59 Å². The van der Waals surface area contributed by atoms with Crippen LogP contribution in [-0.4, -0.2) is 22.1 Å². The predicted molar refractivity (Wildman–Crippen MR) is 57.0 cm³/mol. The third kappa shape index (κ3) is 3.23. The monoisotopic (exact) mass is 223 g/mol. The zero-order valence-corrected chi connectivity index (χ0v) is 9.07. The fraction of sp³-hybridized carbons (Fsp3) is 0.300. The Morgan fingerprint density at radius 3 is 2.62 bits per heavy atom. The van der Waals surface area contributed by atoms with Crippen LogP contribution in [0, 0.1) is 6.92 Å². The van der Waals surface area contributed by atoms with Crippen LogP contribution in [0.25, 0.3) is 0 Å². The van der Waals surface area contributed by atoms with Gasteiger partial charge in [-0.1, -0.05) is 6.92 Å². The summed E-state index contributed by atoms with van der Waals surface area (Å²) >= 11 is 0. The molecular weight excluding hydrogens is 210 g/mol. The van der Waals surface area contributed by atoms with Crippen molar-refractivity contribution >= 4 is 12.0 Å². The van der Waals surface area contributed by atoms with Crippen molar-refractivity contribution in [3.8, 4) is 0 Å². The average Bonchev–Trinajstić information content (AvgIpc) is 2.24. The van der Waals surface area contributed by atoms with E-state index in [0.717, 1.165) is 11.4 Å². The van der Waals surface area contributed by atoms with Gasteiger partial charge < -0.3 is 5.11 Å². The maximum Gasteiger partial charge on any atom is 0.423 e. The summed E-state index contributed by atoms with van der Waals surface area (Å²) in [5.41, 5.74) is 5.76. The summed E-state index contributed by atoms with van der Waals surface area (Å²) in [6.45, 7) is 3.71. The minimum atomic E-state index is -1.31. The molecule has 0 radical (unpaired) electrons. The number of nitrogens with one attached hydrogen (secondary N) is 2. The van der Waals surface area contributed by atoms with Gasteiger partial charge in [0.1, 0.15) is 0 Å². The molecule has 1 heterocycles. The Labute approximate surface area is 92.7 Å². The van der Waals surface area contributed by atoms with Gasteiger partial charge in [0.25, 0.3) is 5.91 Å². The van der Waals surface area contributed by atoms with E-state index in [4.69, 9.17) is 5.11 Å². The van der Waals surface area contributed by atoms with Gasteiger partial charge in [0, 0.05) is 17.0 Å². The number of carbonyl (C=O) groups is 2. The molecule has 0 fully saturated rings. The maximum atomic E-state index is 11.5. The van der Waals surface area contributed by atoms with Crippen molar-refractivity contribution in [3.05, 3.63) is 29.1 Å². The summed E-state index contributed by atoms with van der Waals surface area (Å²) in [6.07, 6.45) is -0.594. The van der Waals surface area contributed by atoms with Crippen molar-refractivity contribution in [1.29, 1.82) is 0 Å². The van der Waals surface area contributed by atoms with Crippen molar-refractivity contribution in [1.82, 2.24) is 15.8 Å². The molecule has 2 amide bonds. The van der Waals surface area contributed by atoms with Gasteiger partial charge in [-0.05, 0) is 25.5 Å². The van der Waals surface area contributed by atoms with Crippen LogP contribution in [0.4, 0.5) is 4.79 Å². The van der Waals surface area contributed by atoms with Crippen molar-refractivity contribution in [2.75, 3.05) is 0 Å². The molecule has 6 nitrogen and oxygen atoms in total. The second-order valence-corrected chi connectivity index (χ2v) is 3.23. The molecule has 0 aliphatic carbocycles. The van der Waals surface area contributed by atoms with Crippen LogP contribution < -0.4 is 10.9 Å². The molecule has 0 aliphatic heterocycles. The summed E-state index contributed by atoms with van der Waals surface area (Å²) in [7, 11) is 0. The molecule has 0 unspecified atom stereocenters. The second kappa shape index (κ2) is 5.11. The number of aromatic nitrogens is 1. The molecule has 0 aliphatic rings. The zero-order chi connectivity index (χ0) is 12.1. The number of carbonyl (C=O) groups excluding carboxylic acids is 1. The molecule has 1 rings (SSSR count). The number of aryl methyl sites for hydroxylation is 2. The molecule has 0 saturated heterocycles. The van der Waals surface area contributed by atoms with Gasteiger partial charge >= 0.3 is 6.09 Å². The number of nitrogens with zero attached hydrogens (tertiary/aromatic N) is 1. The molecule has 0 saturated carbocycles. The lowest BCUT2D eigenvalue weighted by Gasteiger charge is -2.06. The van der Waals surface area contributed by atoms with Crippen molar-refractivity contribution in [3.63, 3.8) is 0 Å². The molecule has 0 bridgehead atoms. The van der Waals surface area contributed by atoms with Crippen LogP contribution in [0.5, 0.6) is 0 Å². The fourth-order valence-electron chi connectivity index (χ4n) is 1.23. The highest BCUT2D eigenvalue weighted by molar-refractivity contribution is 5.95. The Bertz CT molecular complexity index is 418. The summed E-state index contributed by atoms with van der Waals surface area (Å²) in [5.74, 6) is -0.498. The lowest BCUT2D eigenvalue weighted by Crippen LogP contribution is -2.40. The highest BCUT2D eigenvalue weighted by Gasteiger charge is 2.08. The van der Waals surface area contributed by atoms with Gasteiger partial charge in [0.2, 0.25) is 0 Å². The topological polar surface area (TPSA) is 91.3 Å². The minimum absolute atomic E-state index is 0.387. The van der Waals surface area contributed by atoms with Crippen LogP contribution in [-0.2, 0) is 6.42 Å². The van der Waals surface area contributed by atoms with Crippen LogP contribution in [0.1, 0.15) is 28.7 Å². The Balaban J connectivity index is 2.82. The first-order valence-electron chi connectivity index (χ1n) is 4.79. The summed E-state index contributed by atoms with van der Waals surface area (Å²) in [4.78, 5) is 25.9. The van der Waals surface area contributed by atoms with Crippen LogP contribution in [0.2, 0.25) is 0 Å². The van der Waals surface area contributed by atoms with E-state index in [0.29, 0.717) is 12.0 Å². The van der Waals surface area contributed by atoms with E-state index in [2.05, 4.69) is 10.4 Å². The highest BCUT2D eigenvalue weighted by atomic mass is 16.4. The highest BCUT2D eigenvalue weighted by Crippen LogP contribution is 2.06. The Morgan fingerprint density at radius 2 is 2.06 bits per heavy atom. The molecule has 0 aromatic carbocycles. The number of hydrazine groups is 1. The molecule has 0 atom stereocenters. The van der Waals surface area contributed by atoms with E-state index < -0.39 is 12.0 Å². The Kier molecular flexibility index (Phi) is 3.82. The molecule has 6 heteroatoms. The third-order valence-corrected chi connectivity index (χ3v) is 1.91. The molecule has 3 N–H and O–H groups in total. The summed E-state index contributed by atoms with van der Waals surface area (Å²) in [5, 5.41) is 8.33. The lowest BCUT2D eigenvalue weighted by atomic mass is 10.1. The van der Waals surface area contributed by atoms with E-state index in [-0.39, 0.29) is 0 Å². The number of rotatable bonds is 2. The lowest BCUT2D eigenvalue weighted by molar-refractivity contribution is 0.0926. The van der Waals surface area contributed by atoms with Crippen LogP contribution >= 0.6 is 0 Å². The number of hydrogen-bond donors (Lipinski definition) is 3. The number of pyridine rings is 1. The summed E-state index contributed by atoms with van der Waals surface area (Å²) in [6, 6.07) is 3.23. The smallest absolute Gasteiger partial charge is 0.423 e. The van der Waals surface area contributed by atoms with Crippen molar-refractivity contribution in [2.24, 2.45) is 0 Å². The first-order valence-corrected chi connectivity index (χ1v) is 4.79. The molecule has 16 heavy (non-hydrogen) atoms. The van der Waals surface area contributed by atoms with Gasteiger partial charge in [0.05, 0.1) is 0 Å². The maximum absolute atomic E-state index is 11.5. The number of hydrogen-bond acceptors (Lipinski definition) is 3. The molecule has 1 aromatic rings. The predicted octanol–water partition coefficient (Wildman–Crippen LogP) is 0.865. The Morgan fingerprint density at radius 1 is 1.38 bits per heavy atom. The number of amides is 2. The van der Waals surface area contributed by atoms with Gasteiger partial charge in [0.15, 0.2) is 0 Å². The van der Waals surface area contributed by atoms with E-state index in [1.54, 1.807) is 24.5 Å². The van der Waals surface area contributed by atoms with E-state index >= 15 is 0 Å². The largest absolute Gasteiger partial charge is 0.464 e. The SMILES string of the molecule is CCc1cc(C(=O)NNC(=O)O)cc(C)n1. The second-order valence-electron chi connectivity index (χ2n) is 3.23. The number of carboxylic acid groups (broad SMARTS) is 1. The quantitative estimate of drug-likeness (QED) is 0.648. The summed E-state index contributed by atoms with van der Waals surface area (Å²) < 4.78 is 0. The Hall–Kier alpha value is -2.11. The molecular formula is C10H13N3O3. The minimum Gasteiger partial charge on any atom is -0.464 e. The van der Waals surface area contributed by atoms with E-state index in [1.165, 1.54) is 0 Å². The third-order valence-electron chi connectivity index (χ3n) is 1.91. The molecule has 1 aromatic heterocycles. The standard InChI is InChI=1S/C10H13N3O3/c1-3-8-5-7(4-6(2)11-8)9(14)12-13-10(15)16/h4-5,13H,3H2,1-2H3,(H,12,14)(H,15,16). The van der Waals surface area contributed by atoms with E-state index in [1.807, 2.05) is 6.92 Å². The average molecular weight is 223 g/mol.